The van der Waals surface area contributed by atoms with Gasteiger partial charge in [-0.15, -0.1) is 4.68 Å². The molecule has 1 unspecified atom stereocenters. The topological polar surface area (TPSA) is 98.6 Å². The van der Waals surface area contributed by atoms with Gasteiger partial charge in [-0.05, 0) is 47.9 Å². The van der Waals surface area contributed by atoms with Crippen LogP contribution in [0, 0.1) is 6.92 Å². The van der Waals surface area contributed by atoms with E-state index < -0.39 is 11.2 Å². The Kier molecular flexibility index (Phi) is 5.93. The van der Waals surface area contributed by atoms with Crippen LogP contribution in [0.4, 0.5) is 5.69 Å². The highest BCUT2D eigenvalue weighted by atomic mass is 16.2. The highest BCUT2D eigenvalue weighted by Crippen LogP contribution is 2.36. The second-order valence-electron chi connectivity index (χ2n) is 10.2. The molecule has 6 aromatic rings. The lowest BCUT2D eigenvalue weighted by Crippen LogP contribution is -2.32. The Morgan fingerprint density at radius 2 is 1.59 bits per heavy atom. The second kappa shape index (κ2) is 9.91. The van der Waals surface area contributed by atoms with Crippen molar-refractivity contribution in [3.8, 4) is 0 Å². The molecule has 0 amide bonds. The molecule has 200 valence electrons. The highest BCUT2D eigenvalue weighted by molar-refractivity contribution is 6.05. The van der Waals surface area contributed by atoms with Crippen LogP contribution in [0.1, 0.15) is 34.7 Å². The number of rotatable bonds is 5. The van der Waals surface area contributed by atoms with Gasteiger partial charge in [0, 0.05) is 17.3 Å². The predicted molar refractivity (Wildman–Crippen MR) is 164 cm³/mol. The number of hydrogen-bond acceptors (Lipinski definition) is 5. The first-order valence-corrected chi connectivity index (χ1v) is 13.4. The Morgan fingerprint density at radius 3 is 2.34 bits per heavy atom. The molecule has 1 aliphatic heterocycles. The second-order valence-corrected chi connectivity index (χ2v) is 10.2. The minimum Gasteiger partial charge on any atom is -0.349 e. The van der Waals surface area contributed by atoms with Crippen molar-refractivity contribution in [1.29, 1.82) is 0 Å². The molecular weight excluding hydrogens is 512 g/mol. The number of aromatic amines is 2. The molecule has 0 radical (unpaired) electrons. The molecule has 4 aromatic carbocycles. The summed E-state index contributed by atoms with van der Waals surface area (Å²) >= 11 is 0. The van der Waals surface area contributed by atoms with Crippen LogP contribution < -0.4 is 16.3 Å². The van der Waals surface area contributed by atoms with Crippen LogP contribution in [0.3, 0.4) is 0 Å². The molecule has 2 N–H and O–H groups in total. The van der Waals surface area contributed by atoms with E-state index >= 15 is 0 Å². The first kappa shape index (κ1) is 24.5. The maximum absolute atomic E-state index is 13.1. The lowest BCUT2D eigenvalue weighted by Gasteiger charge is -2.24. The molecule has 1 aliphatic rings. The van der Waals surface area contributed by atoms with E-state index in [4.69, 9.17) is 5.10 Å². The van der Waals surface area contributed by atoms with Crippen LogP contribution in [-0.4, -0.2) is 26.6 Å². The van der Waals surface area contributed by atoms with Gasteiger partial charge in [0.05, 0.1) is 29.2 Å². The zero-order valence-corrected chi connectivity index (χ0v) is 22.3. The van der Waals surface area contributed by atoms with Crippen molar-refractivity contribution in [2.24, 2.45) is 10.2 Å². The molecule has 0 saturated heterocycles. The lowest BCUT2D eigenvalue weighted by molar-refractivity contribution is 0.709. The Labute approximate surface area is 234 Å². The number of fused-ring (bicyclic) bond motifs is 3. The first-order valence-electron chi connectivity index (χ1n) is 13.4. The third kappa shape index (κ3) is 4.45. The molecule has 41 heavy (non-hydrogen) atoms. The van der Waals surface area contributed by atoms with Crippen LogP contribution in [-0.2, 0) is 0 Å². The molecular formula is C33H26N6O2. The van der Waals surface area contributed by atoms with E-state index in [9.17, 15) is 9.59 Å². The summed E-state index contributed by atoms with van der Waals surface area (Å²) in [7, 11) is 0. The normalized spacial score (nSPS) is 15.3. The van der Waals surface area contributed by atoms with E-state index in [-0.39, 0.29) is 6.04 Å². The van der Waals surface area contributed by atoms with E-state index in [0.717, 1.165) is 50.1 Å². The third-order valence-corrected chi connectivity index (χ3v) is 7.47. The van der Waals surface area contributed by atoms with Crippen molar-refractivity contribution in [3.05, 3.63) is 146 Å². The van der Waals surface area contributed by atoms with Gasteiger partial charge in [-0.1, -0.05) is 84.4 Å². The molecule has 0 spiro atoms. The fraction of sp³-hybridized carbons (Fsp3) is 0.0909. The highest BCUT2D eigenvalue weighted by Gasteiger charge is 2.29. The standard InChI is InChI=1S/C33H26N6O2/c1-21-12-17-27-26(18-21)30-31(35-27)32(40)39(33(41)36-30)34-20-22-13-15-25(16-14-22)38-29(24-10-6-3-7-11-24)19-28(37-38)23-8-4-2-5-9-23/h2-18,20,29,35H,19H2,1H3,(H,36,41)/b34-20+. The van der Waals surface area contributed by atoms with Gasteiger partial charge < -0.3 is 9.97 Å². The summed E-state index contributed by atoms with van der Waals surface area (Å²) in [6.07, 6.45) is 2.30. The number of nitrogens with one attached hydrogen (secondary N) is 2. The van der Waals surface area contributed by atoms with Gasteiger partial charge in [-0.3, -0.25) is 9.80 Å². The molecule has 0 aliphatic carbocycles. The van der Waals surface area contributed by atoms with Crippen LogP contribution in [0.25, 0.3) is 21.9 Å². The van der Waals surface area contributed by atoms with E-state index in [1.165, 1.54) is 11.8 Å². The molecule has 7 rings (SSSR count). The van der Waals surface area contributed by atoms with E-state index in [0.29, 0.717) is 11.0 Å². The molecule has 8 nitrogen and oxygen atoms in total. The fourth-order valence-electron chi connectivity index (χ4n) is 5.38. The van der Waals surface area contributed by atoms with Crippen LogP contribution >= 0.6 is 0 Å². The average molecular weight is 539 g/mol. The van der Waals surface area contributed by atoms with Crippen molar-refractivity contribution in [3.63, 3.8) is 0 Å². The summed E-state index contributed by atoms with van der Waals surface area (Å²) in [6.45, 7) is 1.97. The number of nitrogens with zero attached hydrogens (tertiary/aromatic N) is 4. The molecule has 2 aromatic heterocycles. The molecule has 0 bridgehead atoms. The Bertz CT molecular complexity index is 2070. The average Bonchev–Trinajstić information content (AvgIpc) is 3.61. The molecule has 8 heteroatoms. The zero-order chi connectivity index (χ0) is 27.9. The number of aromatic nitrogens is 3. The fourth-order valence-corrected chi connectivity index (χ4v) is 5.38. The SMILES string of the molecule is Cc1ccc2[nH]c3c(=O)n(/N=C/c4ccc(N5N=C(c6ccccc6)CC5c5ccccc5)cc4)c(=O)[nH]c3c2c1. The van der Waals surface area contributed by atoms with Gasteiger partial charge in [0.2, 0.25) is 0 Å². The summed E-state index contributed by atoms with van der Waals surface area (Å²) < 4.78 is 0.848. The third-order valence-electron chi connectivity index (χ3n) is 7.47. The quantitative estimate of drug-likeness (QED) is 0.275. The van der Waals surface area contributed by atoms with Gasteiger partial charge in [-0.25, -0.2) is 4.79 Å². The predicted octanol–water partition coefficient (Wildman–Crippen LogP) is 5.72. The van der Waals surface area contributed by atoms with Crippen LogP contribution in [0.2, 0.25) is 0 Å². The molecule has 0 fully saturated rings. The largest absolute Gasteiger partial charge is 0.350 e. The van der Waals surface area contributed by atoms with Crippen LogP contribution in [0.5, 0.6) is 0 Å². The van der Waals surface area contributed by atoms with Gasteiger partial charge in [0.25, 0.3) is 0 Å². The zero-order valence-electron chi connectivity index (χ0n) is 22.3. The van der Waals surface area contributed by atoms with Gasteiger partial charge >= 0.3 is 11.2 Å². The Hall–Kier alpha value is -5.50. The van der Waals surface area contributed by atoms with E-state index in [1.54, 1.807) is 0 Å². The number of H-pyrrole nitrogens is 2. The van der Waals surface area contributed by atoms with Gasteiger partial charge in [-0.2, -0.15) is 10.2 Å². The minimum atomic E-state index is -0.594. The monoisotopic (exact) mass is 538 g/mol. The summed E-state index contributed by atoms with van der Waals surface area (Å²) in [5, 5.41) is 12.1. The van der Waals surface area contributed by atoms with Crippen molar-refractivity contribution >= 4 is 39.5 Å². The number of benzene rings is 4. The van der Waals surface area contributed by atoms with Gasteiger partial charge in [0.1, 0.15) is 5.52 Å². The summed E-state index contributed by atoms with van der Waals surface area (Å²) in [5.74, 6) is 0. The number of anilines is 1. The van der Waals surface area contributed by atoms with E-state index in [1.807, 2.05) is 85.8 Å². The smallest absolute Gasteiger partial charge is 0.349 e. The molecule has 3 heterocycles. The maximum Gasteiger partial charge on any atom is 0.350 e. The molecule has 0 saturated carbocycles. The van der Waals surface area contributed by atoms with Crippen molar-refractivity contribution in [2.45, 2.75) is 19.4 Å². The Morgan fingerprint density at radius 1 is 0.854 bits per heavy atom. The van der Waals surface area contributed by atoms with Gasteiger partial charge in [0.15, 0.2) is 0 Å². The van der Waals surface area contributed by atoms with Crippen molar-refractivity contribution in [1.82, 2.24) is 14.6 Å². The lowest BCUT2D eigenvalue weighted by atomic mass is 9.98. The summed E-state index contributed by atoms with van der Waals surface area (Å²) in [4.78, 5) is 31.9. The summed E-state index contributed by atoms with van der Waals surface area (Å²) in [6, 6.07) is 34.2. The number of hydrazone groups is 1. The molecule has 1 atom stereocenters. The van der Waals surface area contributed by atoms with Crippen molar-refractivity contribution < 1.29 is 0 Å². The minimum absolute atomic E-state index is 0.0647. The Balaban J connectivity index is 1.20. The van der Waals surface area contributed by atoms with Crippen molar-refractivity contribution in [2.75, 3.05) is 5.01 Å². The van der Waals surface area contributed by atoms with Crippen LogP contribution in [0.15, 0.2) is 123 Å². The number of hydrogen-bond donors (Lipinski definition) is 2. The van der Waals surface area contributed by atoms with E-state index in [2.05, 4.69) is 44.3 Å². The summed E-state index contributed by atoms with van der Waals surface area (Å²) in [5.41, 5.74) is 6.54. The number of aryl methyl sites for hydroxylation is 1. The maximum atomic E-state index is 13.1. The first-order chi connectivity index (χ1) is 20.0.